The molecule has 3 N–H and O–H groups in total. The molecule has 0 fully saturated rings. The first-order valence-corrected chi connectivity index (χ1v) is 6.56. The van der Waals surface area contributed by atoms with Gasteiger partial charge in [0.15, 0.2) is 0 Å². The molecule has 0 spiro atoms. The Hall–Kier alpha value is -0.810. The number of hydrogen-bond acceptors (Lipinski definition) is 3. The SMILES string of the molecule is CC(C)(C(=O)NC(CO)CO)c1ccc(Cl)c(Cl)c1. The fraction of sp³-hybridized carbons (Fsp3) is 0.462. The Labute approximate surface area is 122 Å². The van der Waals surface area contributed by atoms with Gasteiger partial charge in [0, 0.05) is 0 Å². The third-order valence-corrected chi connectivity index (χ3v) is 3.72. The zero-order chi connectivity index (χ0) is 14.6. The lowest BCUT2D eigenvalue weighted by molar-refractivity contribution is -0.127. The molecule has 1 aromatic carbocycles. The van der Waals surface area contributed by atoms with Gasteiger partial charge >= 0.3 is 0 Å². The number of hydrogen-bond donors (Lipinski definition) is 3. The second-order valence-electron chi connectivity index (χ2n) is 4.79. The molecule has 6 heteroatoms. The monoisotopic (exact) mass is 305 g/mol. The van der Waals surface area contributed by atoms with Gasteiger partial charge in [-0.05, 0) is 31.5 Å². The largest absolute Gasteiger partial charge is 0.394 e. The van der Waals surface area contributed by atoms with Gasteiger partial charge in [0.25, 0.3) is 0 Å². The molecule has 1 aromatic rings. The van der Waals surface area contributed by atoms with E-state index < -0.39 is 11.5 Å². The van der Waals surface area contributed by atoms with E-state index in [1.165, 1.54) is 0 Å². The van der Waals surface area contributed by atoms with Crippen LogP contribution >= 0.6 is 23.2 Å². The van der Waals surface area contributed by atoms with Crippen molar-refractivity contribution >= 4 is 29.1 Å². The fourth-order valence-corrected chi connectivity index (χ4v) is 1.83. The molecule has 0 saturated heterocycles. The van der Waals surface area contributed by atoms with E-state index in [0.717, 1.165) is 0 Å². The molecule has 4 nitrogen and oxygen atoms in total. The number of halogens is 2. The van der Waals surface area contributed by atoms with Crippen LogP contribution in [0.2, 0.25) is 10.0 Å². The number of benzene rings is 1. The molecule has 106 valence electrons. The van der Waals surface area contributed by atoms with Crippen molar-refractivity contribution in [1.82, 2.24) is 5.32 Å². The summed E-state index contributed by atoms with van der Waals surface area (Å²) in [6, 6.07) is 4.32. The minimum absolute atomic E-state index is 0.306. The lowest BCUT2D eigenvalue weighted by atomic mass is 9.83. The second kappa shape index (κ2) is 6.57. The summed E-state index contributed by atoms with van der Waals surface area (Å²) in [6.45, 7) is 2.82. The lowest BCUT2D eigenvalue weighted by Crippen LogP contribution is -2.48. The maximum atomic E-state index is 12.2. The van der Waals surface area contributed by atoms with Gasteiger partial charge in [-0.3, -0.25) is 4.79 Å². The molecule has 0 bridgehead atoms. The Morgan fingerprint density at radius 1 is 1.26 bits per heavy atom. The van der Waals surface area contributed by atoms with Crippen LogP contribution in [0, 0.1) is 0 Å². The van der Waals surface area contributed by atoms with E-state index in [2.05, 4.69) is 5.32 Å². The van der Waals surface area contributed by atoms with Crippen molar-refractivity contribution in [2.45, 2.75) is 25.3 Å². The molecule has 0 unspecified atom stereocenters. The third kappa shape index (κ3) is 3.83. The van der Waals surface area contributed by atoms with Crippen LogP contribution in [0.5, 0.6) is 0 Å². The van der Waals surface area contributed by atoms with Gasteiger partial charge in [-0.2, -0.15) is 0 Å². The first kappa shape index (κ1) is 16.2. The summed E-state index contributed by atoms with van der Waals surface area (Å²) in [5.41, 5.74) is -0.148. The highest BCUT2D eigenvalue weighted by atomic mass is 35.5. The van der Waals surface area contributed by atoms with Crippen LogP contribution in [0.4, 0.5) is 0 Å². The Kier molecular flexibility index (Phi) is 5.62. The van der Waals surface area contributed by atoms with E-state index in [9.17, 15) is 4.79 Å². The van der Waals surface area contributed by atoms with Gasteiger partial charge < -0.3 is 15.5 Å². The van der Waals surface area contributed by atoms with Gasteiger partial charge in [0.1, 0.15) is 0 Å². The second-order valence-corrected chi connectivity index (χ2v) is 5.60. The molecule has 0 aliphatic rings. The van der Waals surface area contributed by atoms with Crippen LogP contribution in [0.3, 0.4) is 0 Å². The fourth-order valence-electron chi connectivity index (χ4n) is 1.53. The van der Waals surface area contributed by atoms with Crippen LogP contribution < -0.4 is 5.32 Å². The molecule has 0 saturated carbocycles. The zero-order valence-corrected chi connectivity index (χ0v) is 12.3. The lowest BCUT2D eigenvalue weighted by Gasteiger charge is -2.26. The summed E-state index contributed by atoms with van der Waals surface area (Å²) in [6.07, 6.45) is 0. The van der Waals surface area contributed by atoms with Crippen molar-refractivity contribution in [3.63, 3.8) is 0 Å². The van der Waals surface area contributed by atoms with Gasteiger partial charge in [-0.1, -0.05) is 29.3 Å². The van der Waals surface area contributed by atoms with Crippen molar-refractivity contribution in [1.29, 1.82) is 0 Å². The average Bonchev–Trinajstić information content (AvgIpc) is 2.38. The quantitative estimate of drug-likeness (QED) is 0.776. The molecule has 0 atom stereocenters. The van der Waals surface area contributed by atoms with Crippen molar-refractivity contribution in [3.8, 4) is 0 Å². The molecular weight excluding hydrogens is 289 g/mol. The predicted octanol–water partition coefficient (Wildman–Crippen LogP) is 1.74. The van der Waals surface area contributed by atoms with Gasteiger partial charge in [0.05, 0.1) is 34.7 Å². The number of carbonyl (C=O) groups excluding carboxylic acids is 1. The summed E-state index contributed by atoms with van der Waals surface area (Å²) in [7, 11) is 0. The summed E-state index contributed by atoms with van der Waals surface area (Å²) in [5, 5.41) is 21.3. The molecule has 1 rings (SSSR count). The van der Waals surface area contributed by atoms with Crippen molar-refractivity contribution in [2.75, 3.05) is 13.2 Å². The first-order valence-electron chi connectivity index (χ1n) is 5.81. The summed E-state index contributed by atoms with van der Waals surface area (Å²) in [4.78, 5) is 12.2. The highest BCUT2D eigenvalue weighted by Gasteiger charge is 2.31. The normalized spacial score (nSPS) is 11.7. The number of aliphatic hydroxyl groups excluding tert-OH is 2. The van der Waals surface area contributed by atoms with Crippen LogP contribution in [-0.2, 0) is 10.2 Å². The van der Waals surface area contributed by atoms with E-state index in [-0.39, 0.29) is 19.1 Å². The number of aliphatic hydroxyl groups is 2. The Morgan fingerprint density at radius 3 is 2.32 bits per heavy atom. The predicted molar refractivity (Wildman–Crippen MR) is 75.6 cm³/mol. The Morgan fingerprint density at radius 2 is 1.84 bits per heavy atom. The van der Waals surface area contributed by atoms with Crippen molar-refractivity contribution in [3.05, 3.63) is 33.8 Å². The smallest absolute Gasteiger partial charge is 0.230 e. The minimum Gasteiger partial charge on any atom is -0.394 e. The number of nitrogens with one attached hydrogen (secondary N) is 1. The zero-order valence-electron chi connectivity index (χ0n) is 10.8. The molecular formula is C13H17Cl2NO3. The number of carbonyl (C=O) groups is 1. The van der Waals surface area contributed by atoms with Gasteiger partial charge in [-0.15, -0.1) is 0 Å². The molecule has 19 heavy (non-hydrogen) atoms. The van der Waals surface area contributed by atoms with Crippen molar-refractivity contribution in [2.24, 2.45) is 0 Å². The van der Waals surface area contributed by atoms with Gasteiger partial charge in [0.2, 0.25) is 5.91 Å². The maximum Gasteiger partial charge on any atom is 0.230 e. The Balaban J connectivity index is 2.95. The van der Waals surface area contributed by atoms with E-state index in [1.54, 1.807) is 32.0 Å². The standard InChI is InChI=1S/C13H17Cl2NO3/c1-13(2,12(19)16-9(6-17)7-18)8-3-4-10(14)11(15)5-8/h3-5,9,17-18H,6-7H2,1-2H3,(H,16,19). The molecule has 0 aliphatic carbocycles. The molecule has 0 heterocycles. The van der Waals surface area contributed by atoms with E-state index >= 15 is 0 Å². The number of rotatable bonds is 5. The highest BCUT2D eigenvalue weighted by Crippen LogP contribution is 2.30. The van der Waals surface area contributed by atoms with Crippen molar-refractivity contribution < 1.29 is 15.0 Å². The average molecular weight is 306 g/mol. The molecule has 0 aliphatic heterocycles. The third-order valence-electron chi connectivity index (χ3n) is 2.98. The van der Waals surface area contributed by atoms with Crippen LogP contribution in [0.1, 0.15) is 19.4 Å². The molecule has 1 amide bonds. The van der Waals surface area contributed by atoms with Crippen LogP contribution in [-0.4, -0.2) is 35.4 Å². The first-order chi connectivity index (χ1) is 8.82. The van der Waals surface area contributed by atoms with E-state index in [4.69, 9.17) is 33.4 Å². The number of amides is 1. The minimum atomic E-state index is -0.850. The van der Waals surface area contributed by atoms with E-state index in [1.807, 2.05) is 0 Å². The topological polar surface area (TPSA) is 69.6 Å². The molecule has 0 aromatic heterocycles. The summed E-state index contributed by atoms with van der Waals surface area (Å²) >= 11 is 11.8. The summed E-state index contributed by atoms with van der Waals surface area (Å²) < 4.78 is 0. The maximum absolute atomic E-state index is 12.2. The molecule has 0 radical (unpaired) electrons. The van der Waals surface area contributed by atoms with Crippen LogP contribution in [0.25, 0.3) is 0 Å². The summed E-state index contributed by atoms with van der Waals surface area (Å²) in [5.74, 6) is -0.306. The highest BCUT2D eigenvalue weighted by molar-refractivity contribution is 6.42. The van der Waals surface area contributed by atoms with E-state index in [0.29, 0.717) is 15.6 Å². The Bertz CT molecular complexity index is 459. The van der Waals surface area contributed by atoms with Crippen LogP contribution in [0.15, 0.2) is 18.2 Å². The van der Waals surface area contributed by atoms with Gasteiger partial charge in [-0.25, -0.2) is 0 Å².